The van der Waals surface area contributed by atoms with Crippen molar-refractivity contribution in [2.45, 2.75) is 38.6 Å². The standard InChI is InChI=1S/C20H26N4O/c1-16-4-2-6-18(22-16)14-23-9-7-20-19(15-23)24(10-11-25-20)13-17-5-3-8-21-12-17/h2-6,8,12,19-20H,7,9-11,13-15H2,1H3/t19-,20-/m1/s1. The van der Waals surface area contributed by atoms with Gasteiger partial charge in [0.2, 0.25) is 0 Å². The fourth-order valence-corrected chi connectivity index (χ4v) is 3.99. The fourth-order valence-electron chi connectivity index (χ4n) is 3.99. The number of fused-ring (bicyclic) bond motifs is 1. The number of pyridine rings is 2. The number of aryl methyl sites for hydroxylation is 1. The monoisotopic (exact) mass is 338 g/mol. The molecule has 2 aromatic rings. The first-order valence-corrected chi connectivity index (χ1v) is 9.17. The molecule has 4 heterocycles. The number of morpholine rings is 1. The first kappa shape index (κ1) is 16.6. The van der Waals surface area contributed by atoms with E-state index in [0.717, 1.165) is 57.1 Å². The van der Waals surface area contributed by atoms with Crippen LogP contribution in [-0.4, -0.2) is 58.2 Å². The lowest BCUT2D eigenvalue weighted by Gasteiger charge is -2.47. The van der Waals surface area contributed by atoms with Crippen LogP contribution in [0, 0.1) is 6.92 Å². The molecule has 0 radical (unpaired) electrons. The second-order valence-corrected chi connectivity index (χ2v) is 7.10. The Bertz CT molecular complexity index is 693. The van der Waals surface area contributed by atoms with E-state index in [-0.39, 0.29) is 0 Å². The molecular formula is C20H26N4O. The maximum atomic E-state index is 6.07. The second-order valence-electron chi connectivity index (χ2n) is 7.10. The number of rotatable bonds is 4. The molecule has 0 aromatic carbocycles. The largest absolute Gasteiger partial charge is 0.375 e. The zero-order valence-electron chi connectivity index (χ0n) is 14.8. The van der Waals surface area contributed by atoms with Crippen molar-refractivity contribution < 1.29 is 4.74 Å². The molecule has 2 aromatic heterocycles. The molecule has 2 aliphatic heterocycles. The summed E-state index contributed by atoms with van der Waals surface area (Å²) in [5.74, 6) is 0. The molecule has 2 atom stereocenters. The second kappa shape index (κ2) is 7.60. The molecule has 4 rings (SSSR count). The van der Waals surface area contributed by atoms with Crippen molar-refractivity contribution in [2.24, 2.45) is 0 Å². The average Bonchev–Trinajstić information content (AvgIpc) is 2.63. The third kappa shape index (κ3) is 4.06. The average molecular weight is 338 g/mol. The minimum absolute atomic E-state index is 0.354. The van der Waals surface area contributed by atoms with Gasteiger partial charge in [-0.1, -0.05) is 12.1 Å². The van der Waals surface area contributed by atoms with Gasteiger partial charge in [0.1, 0.15) is 0 Å². The molecule has 0 unspecified atom stereocenters. The third-order valence-electron chi connectivity index (χ3n) is 5.22. The Labute approximate surface area is 149 Å². The van der Waals surface area contributed by atoms with Crippen LogP contribution in [0.25, 0.3) is 0 Å². The van der Waals surface area contributed by atoms with Crippen LogP contribution in [0.5, 0.6) is 0 Å². The van der Waals surface area contributed by atoms with Gasteiger partial charge in [-0.25, -0.2) is 0 Å². The number of hydrogen-bond donors (Lipinski definition) is 0. The Hall–Kier alpha value is -1.82. The number of hydrogen-bond acceptors (Lipinski definition) is 5. The highest BCUT2D eigenvalue weighted by Crippen LogP contribution is 2.25. The molecule has 132 valence electrons. The van der Waals surface area contributed by atoms with Crippen molar-refractivity contribution in [1.82, 2.24) is 19.8 Å². The molecule has 0 spiro atoms. The van der Waals surface area contributed by atoms with Crippen LogP contribution in [-0.2, 0) is 17.8 Å². The topological polar surface area (TPSA) is 41.5 Å². The van der Waals surface area contributed by atoms with E-state index < -0.39 is 0 Å². The SMILES string of the molecule is Cc1cccc(CN2CC[C@H]3OCCN(Cc4cccnc4)[C@@H]3C2)n1. The molecular weight excluding hydrogens is 312 g/mol. The van der Waals surface area contributed by atoms with Crippen LogP contribution in [0.4, 0.5) is 0 Å². The van der Waals surface area contributed by atoms with E-state index >= 15 is 0 Å². The first-order chi connectivity index (χ1) is 12.3. The van der Waals surface area contributed by atoms with E-state index in [1.165, 1.54) is 5.56 Å². The fraction of sp³-hybridized carbons (Fsp3) is 0.500. The quantitative estimate of drug-likeness (QED) is 0.855. The van der Waals surface area contributed by atoms with Gasteiger partial charge < -0.3 is 4.74 Å². The maximum absolute atomic E-state index is 6.07. The molecule has 0 saturated carbocycles. The van der Waals surface area contributed by atoms with Crippen LogP contribution in [0.1, 0.15) is 23.4 Å². The van der Waals surface area contributed by atoms with Gasteiger partial charge in [-0.2, -0.15) is 0 Å². The molecule has 2 fully saturated rings. The Morgan fingerprint density at radius 1 is 1.16 bits per heavy atom. The van der Waals surface area contributed by atoms with Crippen LogP contribution >= 0.6 is 0 Å². The van der Waals surface area contributed by atoms with E-state index in [0.29, 0.717) is 12.1 Å². The van der Waals surface area contributed by atoms with Crippen molar-refractivity contribution in [3.63, 3.8) is 0 Å². The summed E-state index contributed by atoms with van der Waals surface area (Å²) in [4.78, 5) is 14.0. The van der Waals surface area contributed by atoms with Crippen LogP contribution in [0.15, 0.2) is 42.7 Å². The van der Waals surface area contributed by atoms with E-state index in [1.54, 1.807) is 0 Å². The molecule has 2 aliphatic rings. The lowest BCUT2D eigenvalue weighted by molar-refractivity contribution is -0.107. The van der Waals surface area contributed by atoms with E-state index in [1.807, 2.05) is 18.5 Å². The van der Waals surface area contributed by atoms with E-state index in [2.05, 4.69) is 51.0 Å². The molecule has 5 nitrogen and oxygen atoms in total. The highest BCUT2D eigenvalue weighted by Gasteiger charge is 2.37. The molecule has 0 bridgehead atoms. The van der Waals surface area contributed by atoms with E-state index in [9.17, 15) is 0 Å². The normalized spacial score (nSPS) is 24.8. The summed E-state index contributed by atoms with van der Waals surface area (Å²) in [5.41, 5.74) is 3.53. The Morgan fingerprint density at radius 3 is 2.96 bits per heavy atom. The lowest BCUT2D eigenvalue weighted by atomic mass is 9.98. The summed E-state index contributed by atoms with van der Waals surface area (Å²) >= 11 is 0. The van der Waals surface area contributed by atoms with Crippen molar-refractivity contribution in [2.75, 3.05) is 26.2 Å². The Balaban J connectivity index is 1.43. The van der Waals surface area contributed by atoms with Crippen molar-refractivity contribution in [1.29, 1.82) is 0 Å². The molecule has 2 saturated heterocycles. The Morgan fingerprint density at radius 2 is 2.12 bits per heavy atom. The van der Waals surface area contributed by atoms with Crippen LogP contribution in [0.3, 0.4) is 0 Å². The highest BCUT2D eigenvalue weighted by atomic mass is 16.5. The number of likely N-dealkylation sites (tertiary alicyclic amines) is 1. The summed E-state index contributed by atoms with van der Waals surface area (Å²) in [7, 11) is 0. The molecule has 25 heavy (non-hydrogen) atoms. The summed E-state index contributed by atoms with van der Waals surface area (Å²) < 4.78 is 6.07. The lowest BCUT2D eigenvalue weighted by Crippen LogP contribution is -2.59. The van der Waals surface area contributed by atoms with Crippen molar-refractivity contribution in [3.8, 4) is 0 Å². The number of aromatic nitrogens is 2. The summed E-state index contributed by atoms with van der Waals surface area (Å²) in [6.07, 6.45) is 5.26. The summed E-state index contributed by atoms with van der Waals surface area (Å²) in [5, 5.41) is 0. The first-order valence-electron chi connectivity index (χ1n) is 9.17. The van der Waals surface area contributed by atoms with Crippen LogP contribution in [0.2, 0.25) is 0 Å². The molecule has 5 heteroatoms. The molecule has 0 aliphatic carbocycles. The zero-order chi connectivity index (χ0) is 17.1. The predicted molar refractivity (Wildman–Crippen MR) is 97.0 cm³/mol. The minimum atomic E-state index is 0.354. The van der Waals surface area contributed by atoms with E-state index in [4.69, 9.17) is 4.74 Å². The minimum Gasteiger partial charge on any atom is -0.375 e. The summed E-state index contributed by atoms with van der Waals surface area (Å²) in [6.45, 7) is 7.88. The van der Waals surface area contributed by atoms with Gasteiger partial charge in [-0.05, 0) is 37.1 Å². The molecule has 0 amide bonds. The van der Waals surface area contributed by atoms with Gasteiger partial charge in [0.05, 0.1) is 18.4 Å². The number of nitrogens with zero attached hydrogens (tertiary/aromatic N) is 4. The predicted octanol–water partition coefficient (Wildman–Crippen LogP) is 2.26. The van der Waals surface area contributed by atoms with Gasteiger partial charge in [0.25, 0.3) is 0 Å². The number of ether oxygens (including phenoxy) is 1. The molecule has 0 N–H and O–H groups in total. The number of piperidine rings is 1. The summed E-state index contributed by atoms with van der Waals surface area (Å²) in [6, 6.07) is 10.9. The van der Waals surface area contributed by atoms with Gasteiger partial charge in [-0.3, -0.25) is 19.8 Å². The smallest absolute Gasteiger partial charge is 0.0755 e. The van der Waals surface area contributed by atoms with Gasteiger partial charge in [-0.15, -0.1) is 0 Å². The van der Waals surface area contributed by atoms with Crippen LogP contribution < -0.4 is 0 Å². The van der Waals surface area contributed by atoms with Crippen molar-refractivity contribution in [3.05, 3.63) is 59.7 Å². The van der Waals surface area contributed by atoms with Gasteiger partial charge >= 0.3 is 0 Å². The van der Waals surface area contributed by atoms with Gasteiger partial charge in [0.15, 0.2) is 0 Å². The zero-order valence-corrected chi connectivity index (χ0v) is 14.8. The maximum Gasteiger partial charge on any atom is 0.0755 e. The van der Waals surface area contributed by atoms with Gasteiger partial charge in [0, 0.05) is 56.9 Å². The highest BCUT2D eigenvalue weighted by molar-refractivity contribution is 5.11. The third-order valence-corrected chi connectivity index (χ3v) is 5.22. The van der Waals surface area contributed by atoms with Crippen molar-refractivity contribution >= 4 is 0 Å². The Kier molecular flexibility index (Phi) is 5.06.